The number of carbonyl (C=O) groups excluding carboxylic acids is 1. The predicted octanol–water partition coefficient (Wildman–Crippen LogP) is 2.12. The molecular weight excluding hydrogens is 278 g/mol. The molecule has 2 aromatic carbocycles. The van der Waals surface area contributed by atoms with E-state index in [0.717, 1.165) is 9.69 Å². The molecule has 0 amide bonds. The van der Waals surface area contributed by atoms with E-state index in [2.05, 4.69) is 0 Å². The lowest BCUT2D eigenvalue weighted by molar-refractivity contribution is -0.108. The second-order valence-corrected chi connectivity index (χ2v) is 5.28. The molecule has 0 spiro atoms. The Balaban J connectivity index is 2.56. The predicted molar refractivity (Wildman–Crippen MR) is 77.2 cm³/mol. The summed E-state index contributed by atoms with van der Waals surface area (Å²) in [5.74, 6) is -0.106. The van der Waals surface area contributed by atoms with Gasteiger partial charge in [-0.3, -0.25) is 8.51 Å². The van der Waals surface area contributed by atoms with Gasteiger partial charge in [0, 0.05) is 29.1 Å². The van der Waals surface area contributed by atoms with Gasteiger partial charge in [0.2, 0.25) is 0 Å². The van der Waals surface area contributed by atoms with E-state index >= 15 is 0 Å². The molecule has 106 valence electrons. The molecule has 1 N–H and O–H groups in total. The Morgan fingerprint density at radius 3 is 2.70 bits per heavy atom. The van der Waals surface area contributed by atoms with Crippen molar-refractivity contribution in [3.63, 3.8) is 0 Å². The molecule has 2 rings (SSSR count). The normalized spacial score (nSPS) is 13.9. The van der Waals surface area contributed by atoms with Gasteiger partial charge in [-0.25, -0.2) is 0 Å². The summed E-state index contributed by atoms with van der Waals surface area (Å²) in [5.41, 5.74) is 0.173. The molecule has 6 heteroatoms. The van der Waals surface area contributed by atoms with E-state index in [9.17, 15) is 18.7 Å². The minimum Gasteiger partial charge on any atom is -0.755 e. The lowest BCUT2D eigenvalue weighted by Gasteiger charge is -2.32. The standard InChI is InChI=1S/C14H15NO4S/c1-10(8-9-16)15(20(18)19)13-7-6-11-4-2-3-5-12(11)14(13)17/h2-7,9-10,17H,8H2,1H3,(H,18,19)/p-1. The molecule has 0 saturated carbocycles. The van der Waals surface area contributed by atoms with E-state index in [-0.39, 0.29) is 17.9 Å². The number of aldehydes is 1. The zero-order valence-electron chi connectivity index (χ0n) is 10.9. The van der Waals surface area contributed by atoms with Gasteiger partial charge in [-0.15, -0.1) is 0 Å². The zero-order chi connectivity index (χ0) is 14.7. The molecule has 0 heterocycles. The van der Waals surface area contributed by atoms with E-state index in [1.165, 1.54) is 6.07 Å². The van der Waals surface area contributed by atoms with Gasteiger partial charge < -0.3 is 14.5 Å². The van der Waals surface area contributed by atoms with Crippen molar-refractivity contribution < 1.29 is 18.7 Å². The number of fused-ring (bicyclic) bond motifs is 1. The lowest BCUT2D eigenvalue weighted by Crippen LogP contribution is -2.35. The van der Waals surface area contributed by atoms with Gasteiger partial charge in [0.25, 0.3) is 0 Å². The number of phenols is 1. The van der Waals surface area contributed by atoms with Crippen molar-refractivity contribution >= 4 is 34.0 Å². The van der Waals surface area contributed by atoms with Crippen molar-refractivity contribution in [1.82, 2.24) is 0 Å². The van der Waals surface area contributed by atoms with E-state index in [1.807, 2.05) is 12.1 Å². The maximum Gasteiger partial charge on any atom is 0.147 e. The summed E-state index contributed by atoms with van der Waals surface area (Å²) < 4.78 is 23.8. The number of nitrogens with zero attached hydrogens (tertiary/aromatic N) is 1. The summed E-state index contributed by atoms with van der Waals surface area (Å²) in [6.07, 6.45) is 0.711. The Morgan fingerprint density at radius 2 is 2.05 bits per heavy atom. The van der Waals surface area contributed by atoms with E-state index in [4.69, 9.17) is 0 Å². The highest BCUT2D eigenvalue weighted by molar-refractivity contribution is 7.80. The first-order valence-corrected chi connectivity index (χ1v) is 7.12. The molecule has 2 atom stereocenters. The first-order chi connectivity index (χ1) is 9.56. The summed E-state index contributed by atoms with van der Waals surface area (Å²) in [5, 5.41) is 11.7. The van der Waals surface area contributed by atoms with Gasteiger partial charge in [-0.05, 0) is 18.4 Å². The summed E-state index contributed by atoms with van der Waals surface area (Å²) in [7, 11) is 0. The fraction of sp³-hybridized carbons (Fsp3) is 0.214. The number of hydrogen-bond donors (Lipinski definition) is 1. The minimum atomic E-state index is -2.57. The third kappa shape index (κ3) is 2.66. The quantitative estimate of drug-likeness (QED) is 0.676. The highest BCUT2D eigenvalue weighted by Gasteiger charge is 2.19. The van der Waals surface area contributed by atoms with Crippen LogP contribution in [0, 0.1) is 0 Å². The highest BCUT2D eigenvalue weighted by atomic mass is 32.2. The number of hydrogen-bond acceptors (Lipinski definition) is 4. The molecule has 0 aliphatic heterocycles. The molecule has 2 aromatic rings. The fourth-order valence-corrected chi connectivity index (χ4v) is 2.81. The third-order valence-corrected chi connectivity index (χ3v) is 3.99. The van der Waals surface area contributed by atoms with Crippen molar-refractivity contribution in [2.75, 3.05) is 4.31 Å². The number of benzene rings is 2. The molecule has 5 nitrogen and oxygen atoms in total. The molecule has 20 heavy (non-hydrogen) atoms. The van der Waals surface area contributed by atoms with Crippen LogP contribution < -0.4 is 4.31 Å². The second-order valence-electron chi connectivity index (χ2n) is 4.45. The molecule has 2 unspecified atom stereocenters. The van der Waals surface area contributed by atoms with Crippen LogP contribution in [-0.4, -0.2) is 26.2 Å². The largest absolute Gasteiger partial charge is 0.755 e. The molecular formula is C14H14NO4S-. The molecule has 0 aliphatic carbocycles. The van der Waals surface area contributed by atoms with Crippen LogP contribution in [0.15, 0.2) is 36.4 Å². The van der Waals surface area contributed by atoms with Gasteiger partial charge in [0.15, 0.2) is 0 Å². The summed E-state index contributed by atoms with van der Waals surface area (Å²) in [6, 6.07) is 9.85. The number of phenolic OH excluding ortho intramolecular Hbond substituents is 1. The lowest BCUT2D eigenvalue weighted by atomic mass is 10.1. The van der Waals surface area contributed by atoms with Crippen molar-refractivity contribution in [1.29, 1.82) is 0 Å². The Hall–Kier alpha value is -1.92. The number of carbonyl (C=O) groups is 1. The minimum absolute atomic E-state index is 0.0558. The van der Waals surface area contributed by atoms with Crippen molar-refractivity contribution in [3.8, 4) is 5.75 Å². The molecule has 0 fully saturated rings. The maximum absolute atomic E-state index is 11.4. The topological polar surface area (TPSA) is 80.7 Å². The van der Waals surface area contributed by atoms with E-state index in [1.54, 1.807) is 25.1 Å². The second kappa shape index (κ2) is 6.02. The van der Waals surface area contributed by atoms with Crippen LogP contribution in [0.1, 0.15) is 13.3 Å². The van der Waals surface area contributed by atoms with Crippen LogP contribution in [0.2, 0.25) is 0 Å². The van der Waals surface area contributed by atoms with Crippen LogP contribution in [0.25, 0.3) is 10.8 Å². The third-order valence-electron chi connectivity index (χ3n) is 3.11. The van der Waals surface area contributed by atoms with Crippen LogP contribution >= 0.6 is 0 Å². The Labute approximate surface area is 119 Å². The van der Waals surface area contributed by atoms with Gasteiger partial charge in [0.1, 0.15) is 12.0 Å². The van der Waals surface area contributed by atoms with Crippen molar-refractivity contribution in [3.05, 3.63) is 36.4 Å². The SMILES string of the molecule is CC(CC=O)N(c1ccc2ccccc2c1O)S(=O)[O-]. The van der Waals surface area contributed by atoms with Crippen LogP contribution in [0.5, 0.6) is 5.75 Å². The van der Waals surface area contributed by atoms with Crippen LogP contribution in [-0.2, 0) is 16.1 Å². The average Bonchev–Trinajstić information content (AvgIpc) is 2.42. The molecule has 0 saturated heterocycles. The van der Waals surface area contributed by atoms with Gasteiger partial charge in [0.05, 0.1) is 5.69 Å². The van der Waals surface area contributed by atoms with E-state index < -0.39 is 17.3 Å². The van der Waals surface area contributed by atoms with Gasteiger partial charge >= 0.3 is 0 Å². The monoisotopic (exact) mass is 292 g/mol. The van der Waals surface area contributed by atoms with Crippen molar-refractivity contribution in [2.45, 2.75) is 19.4 Å². The van der Waals surface area contributed by atoms with Crippen molar-refractivity contribution in [2.24, 2.45) is 0 Å². The van der Waals surface area contributed by atoms with Crippen LogP contribution in [0.4, 0.5) is 5.69 Å². The number of aromatic hydroxyl groups is 1. The van der Waals surface area contributed by atoms with E-state index in [0.29, 0.717) is 11.7 Å². The number of rotatable bonds is 5. The van der Waals surface area contributed by atoms with Crippen LogP contribution in [0.3, 0.4) is 0 Å². The first-order valence-electron chi connectivity index (χ1n) is 6.09. The first kappa shape index (κ1) is 14.5. The molecule has 0 aromatic heterocycles. The Morgan fingerprint density at radius 1 is 1.35 bits per heavy atom. The average molecular weight is 292 g/mol. The summed E-state index contributed by atoms with van der Waals surface area (Å²) >= 11 is -2.57. The molecule has 0 aliphatic rings. The zero-order valence-corrected chi connectivity index (χ0v) is 11.7. The van der Waals surface area contributed by atoms with Gasteiger partial charge in [-0.2, -0.15) is 0 Å². The molecule has 0 bridgehead atoms. The maximum atomic E-state index is 11.4. The summed E-state index contributed by atoms with van der Waals surface area (Å²) in [6.45, 7) is 1.61. The molecule has 0 radical (unpaired) electrons. The van der Waals surface area contributed by atoms with Gasteiger partial charge in [-0.1, -0.05) is 30.3 Å². The Bertz CT molecular complexity index is 659. The Kier molecular flexibility index (Phi) is 4.36. The highest BCUT2D eigenvalue weighted by Crippen LogP contribution is 2.36. The summed E-state index contributed by atoms with van der Waals surface area (Å²) in [4.78, 5) is 10.6. The fourth-order valence-electron chi connectivity index (χ4n) is 2.12. The smallest absolute Gasteiger partial charge is 0.147 e. The number of anilines is 1.